The first-order chi connectivity index (χ1) is 13.1. The van der Waals surface area contributed by atoms with Gasteiger partial charge in [0.1, 0.15) is 0 Å². The predicted octanol–water partition coefficient (Wildman–Crippen LogP) is 6.30. The molecule has 3 nitrogen and oxygen atoms in total. The first-order valence-electron chi connectivity index (χ1n) is 8.99. The highest BCUT2D eigenvalue weighted by Gasteiger charge is 2.20. The van der Waals surface area contributed by atoms with E-state index in [1.807, 2.05) is 48.5 Å². The van der Waals surface area contributed by atoms with Crippen molar-refractivity contribution in [2.45, 2.75) is 25.7 Å². The van der Waals surface area contributed by atoms with E-state index >= 15 is 0 Å². The summed E-state index contributed by atoms with van der Waals surface area (Å²) in [6, 6.07) is 15.6. The van der Waals surface area contributed by atoms with E-state index in [0.717, 1.165) is 58.8 Å². The number of rotatable bonds is 2. The maximum absolute atomic E-state index is 6.08. The lowest BCUT2D eigenvalue weighted by Crippen LogP contribution is -2.06. The van der Waals surface area contributed by atoms with Crippen molar-refractivity contribution in [1.29, 1.82) is 0 Å². The van der Waals surface area contributed by atoms with E-state index in [1.54, 1.807) is 0 Å². The normalized spacial score (nSPS) is 15.4. The van der Waals surface area contributed by atoms with Crippen molar-refractivity contribution in [2.24, 2.45) is 0 Å². The molecule has 3 aromatic rings. The molecule has 0 unspecified atom stereocenters. The summed E-state index contributed by atoms with van der Waals surface area (Å²) in [5.74, 6) is 0.294. The number of fused-ring (bicyclic) bond motifs is 1. The molecule has 2 aromatic carbocycles. The highest BCUT2D eigenvalue weighted by molar-refractivity contribution is 6.30. The molecule has 0 amide bonds. The summed E-state index contributed by atoms with van der Waals surface area (Å²) >= 11 is 12.1. The molecule has 0 saturated carbocycles. The fourth-order valence-corrected chi connectivity index (χ4v) is 3.74. The van der Waals surface area contributed by atoms with Crippen LogP contribution in [0, 0.1) is 0 Å². The molecule has 136 valence electrons. The molecule has 0 aliphatic heterocycles. The molecule has 0 radical (unpaired) electrons. The summed E-state index contributed by atoms with van der Waals surface area (Å²) in [7, 11) is 0. The van der Waals surface area contributed by atoms with Crippen LogP contribution in [0.25, 0.3) is 22.9 Å². The molecule has 0 atom stereocenters. The average molecular weight is 396 g/mol. The first-order valence-corrected chi connectivity index (χ1v) is 9.74. The summed E-state index contributed by atoms with van der Waals surface area (Å²) in [6.07, 6.45) is 6.28. The third kappa shape index (κ3) is 4.00. The number of anilines is 1. The summed E-state index contributed by atoms with van der Waals surface area (Å²) in [5, 5.41) is 1.44. The number of nitrogens with two attached hydrogens (primary N) is 1. The SMILES string of the molecule is Nc1nc2c(c(-c3ccc(Cl)cc3)n1)CCCC/C2=C\c1ccc(Cl)cc1. The fourth-order valence-electron chi connectivity index (χ4n) is 3.49. The van der Waals surface area contributed by atoms with Crippen molar-refractivity contribution in [3.63, 3.8) is 0 Å². The van der Waals surface area contributed by atoms with Crippen LogP contribution in [0.15, 0.2) is 48.5 Å². The van der Waals surface area contributed by atoms with E-state index in [1.165, 1.54) is 5.57 Å². The van der Waals surface area contributed by atoms with Gasteiger partial charge in [-0.25, -0.2) is 9.97 Å². The zero-order chi connectivity index (χ0) is 18.8. The standard InChI is InChI=1S/C22H19Cl2N3/c23-17-9-5-14(6-10-17)13-16-3-1-2-4-19-20(26-22(25)27-21(16)19)15-7-11-18(24)12-8-15/h5-13H,1-4H2,(H2,25,26,27)/b16-13+. The second kappa shape index (κ2) is 7.71. The van der Waals surface area contributed by atoms with E-state index in [9.17, 15) is 0 Å². The lowest BCUT2D eigenvalue weighted by Gasteiger charge is -2.14. The second-order valence-corrected chi connectivity index (χ2v) is 7.57. The van der Waals surface area contributed by atoms with Gasteiger partial charge in [0.05, 0.1) is 11.4 Å². The Kier molecular flexibility index (Phi) is 5.15. The van der Waals surface area contributed by atoms with Crippen LogP contribution in [0.5, 0.6) is 0 Å². The van der Waals surface area contributed by atoms with Gasteiger partial charge in [0.25, 0.3) is 0 Å². The van der Waals surface area contributed by atoms with Gasteiger partial charge in [-0.1, -0.05) is 47.5 Å². The van der Waals surface area contributed by atoms with Gasteiger partial charge in [0.2, 0.25) is 5.95 Å². The Labute approximate surface area is 168 Å². The summed E-state index contributed by atoms with van der Waals surface area (Å²) in [6.45, 7) is 0. The van der Waals surface area contributed by atoms with Crippen LogP contribution >= 0.6 is 23.2 Å². The minimum absolute atomic E-state index is 0.294. The van der Waals surface area contributed by atoms with E-state index in [4.69, 9.17) is 28.9 Å². The van der Waals surface area contributed by atoms with Gasteiger partial charge >= 0.3 is 0 Å². The smallest absolute Gasteiger partial charge is 0.221 e. The van der Waals surface area contributed by atoms with Gasteiger partial charge in [0.15, 0.2) is 0 Å². The molecule has 0 saturated heterocycles. The number of nitrogen functional groups attached to an aromatic ring is 1. The molecule has 1 aromatic heterocycles. The Morgan fingerprint density at radius 1 is 0.778 bits per heavy atom. The van der Waals surface area contributed by atoms with Gasteiger partial charge in [-0.15, -0.1) is 0 Å². The minimum atomic E-state index is 0.294. The molecule has 0 bridgehead atoms. The van der Waals surface area contributed by atoms with Crippen LogP contribution < -0.4 is 5.73 Å². The lowest BCUT2D eigenvalue weighted by atomic mass is 9.98. The largest absolute Gasteiger partial charge is 0.368 e. The molecule has 1 heterocycles. The molecular formula is C22H19Cl2N3. The van der Waals surface area contributed by atoms with Crippen molar-refractivity contribution in [1.82, 2.24) is 9.97 Å². The van der Waals surface area contributed by atoms with Crippen molar-refractivity contribution in [3.05, 3.63) is 75.4 Å². The van der Waals surface area contributed by atoms with E-state index in [2.05, 4.69) is 16.0 Å². The Morgan fingerprint density at radius 3 is 2.07 bits per heavy atom. The molecule has 1 aliphatic rings. The molecule has 5 heteroatoms. The predicted molar refractivity (Wildman–Crippen MR) is 114 cm³/mol. The highest BCUT2D eigenvalue weighted by atomic mass is 35.5. The van der Waals surface area contributed by atoms with Crippen LogP contribution in [0.4, 0.5) is 5.95 Å². The fraction of sp³-hybridized carbons (Fsp3) is 0.182. The zero-order valence-corrected chi connectivity index (χ0v) is 16.3. The Balaban J connectivity index is 1.86. The van der Waals surface area contributed by atoms with Crippen molar-refractivity contribution >= 4 is 40.8 Å². The molecular weight excluding hydrogens is 377 g/mol. The third-order valence-electron chi connectivity index (χ3n) is 4.78. The number of hydrogen-bond donors (Lipinski definition) is 1. The van der Waals surface area contributed by atoms with Gasteiger partial charge in [-0.05, 0) is 67.2 Å². The van der Waals surface area contributed by atoms with Crippen LogP contribution in [0.3, 0.4) is 0 Å². The van der Waals surface area contributed by atoms with Crippen LogP contribution in [0.2, 0.25) is 10.0 Å². The number of halogens is 2. The molecule has 0 fully saturated rings. The highest BCUT2D eigenvalue weighted by Crippen LogP contribution is 2.35. The monoisotopic (exact) mass is 395 g/mol. The Bertz CT molecular complexity index is 993. The first kappa shape index (κ1) is 18.0. The summed E-state index contributed by atoms with van der Waals surface area (Å²) in [4.78, 5) is 9.18. The summed E-state index contributed by atoms with van der Waals surface area (Å²) in [5.41, 5.74) is 12.4. The molecule has 2 N–H and O–H groups in total. The lowest BCUT2D eigenvalue weighted by molar-refractivity contribution is 0.771. The topological polar surface area (TPSA) is 51.8 Å². The number of benzene rings is 2. The minimum Gasteiger partial charge on any atom is -0.368 e. The quantitative estimate of drug-likeness (QED) is 0.517. The summed E-state index contributed by atoms with van der Waals surface area (Å²) < 4.78 is 0. The number of aromatic nitrogens is 2. The van der Waals surface area contributed by atoms with Crippen molar-refractivity contribution in [3.8, 4) is 11.3 Å². The maximum Gasteiger partial charge on any atom is 0.221 e. The Hall–Kier alpha value is -2.36. The van der Waals surface area contributed by atoms with Gasteiger partial charge < -0.3 is 5.73 Å². The number of nitrogens with zero attached hydrogens (tertiary/aromatic N) is 2. The van der Waals surface area contributed by atoms with E-state index in [-0.39, 0.29) is 0 Å². The number of allylic oxidation sites excluding steroid dienone is 1. The molecule has 0 spiro atoms. The number of hydrogen-bond acceptors (Lipinski definition) is 3. The maximum atomic E-state index is 6.08. The molecule has 4 rings (SSSR count). The van der Waals surface area contributed by atoms with Crippen molar-refractivity contribution in [2.75, 3.05) is 5.73 Å². The Morgan fingerprint density at radius 2 is 1.37 bits per heavy atom. The van der Waals surface area contributed by atoms with Crippen molar-refractivity contribution < 1.29 is 0 Å². The van der Waals surface area contributed by atoms with Gasteiger partial charge in [-0.2, -0.15) is 0 Å². The zero-order valence-electron chi connectivity index (χ0n) is 14.8. The van der Waals surface area contributed by atoms with E-state index in [0.29, 0.717) is 11.0 Å². The van der Waals surface area contributed by atoms with Gasteiger partial charge in [0, 0.05) is 21.2 Å². The average Bonchev–Trinajstić information content (AvgIpc) is 2.86. The second-order valence-electron chi connectivity index (χ2n) is 6.69. The molecule has 27 heavy (non-hydrogen) atoms. The van der Waals surface area contributed by atoms with E-state index < -0.39 is 0 Å². The third-order valence-corrected chi connectivity index (χ3v) is 5.28. The molecule has 1 aliphatic carbocycles. The van der Waals surface area contributed by atoms with Crippen LogP contribution in [-0.2, 0) is 6.42 Å². The van der Waals surface area contributed by atoms with Crippen LogP contribution in [0.1, 0.15) is 36.1 Å². The van der Waals surface area contributed by atoms with Gasteiger partial charge in [-0.3, -0.25) is 0 Å². The van der Waals surface area contributed by atoms with Crippen LogP contribution in [-0.4, -0.2) is 9.97 Å².